The van der Waals surface area contributed by atoms with E-state index < -0.39 is 0 Å². The summed E-state index contributed by atoms with van der Waals surface area (Å²) in [5.41, 5.74) is 8.71. The average molecular weight is 256 g/mol. The molecule has 4 nitrogen and oxygen atoms in total. The summed E-state index contributed by atoms with van der Waals surface area (Å²) in [7, 11) is 0. The maximum Gasteiger partial charge on any atom is 0.104 e. The normalized spacial score (nSPS) is 11.6. The third-order valence-corrected chi connectivity index (χ3v) is 2.81. The molecule has 0 radical (unpaired) electrons. The van der Waals surface area contributed by atoms with Crippen LogP contribution in [0.2, 0.25) is 0 Å². The third kappa shape index (κ3) is 3.51. The van der Waals surface area contributed by atoms with Crippen LogP contribution in [-0.2, 0) is 13.1 Å². The molecule has 0 bridgehead atoms. The van der Waals surface area contributed by atoms with Crippen molar-refractivity contribution in [3.8, 4) is 0 Å². The van der Waals surface area contributed by atoms with E-state index in [9.17, 15) is 0 Å². The molecule has 0 aliphatic carbocycles. The molecule has 0 saturated heterocycles. The van der Waals surface area contributed by atoms with Crippen LogP contribution in [0.25, 0.3) is 12.2 Å². The monoisotopic (exact) mass is 256 g/mol. The van der Waals surface area contributed by atoms with Crippen LogP contribution < -0.4 is 5.73 Å². The quantitative estimate of drug-likeness (QED) is 0.894. The Balaban J connectivity index is 2.27. The molecule has 0 spiro atoms. The van der Waals surface area contributed by atoms with Gasteiger partial charge in [0.2, 0.25) is 0 Å². The first-order valence-electron chi connectivity index (χ1n) is 6.56. The fourth-order valence-corrected chi connectivity index (χ4v) is 1.90. The lowest BCUT2D eigenvalue weighted by Gasteiger charge is -2.06. The zero-order valence-electron chi connectivity index (χ0n) is 11.5. The van der Waals surface area contributed by atoms with Gasteiger partial charge in [0.25, 0.3) is 0 Å². The van der Waals surface area contributed by atoms with E-state index >= 15 is 0 Å². The fraction of sp³-hybridized carbons (Fsp3) is 0.333. The SMILES string of the molecule is CC(C)Cn1nnc(CN)c1/C=C/c1ccccc1. The predicted octanol–water partition coefficient (Wildman–Crippen LogP) is 2.56. The minimum atomic E-state index is 0.409. The van der Waals surface area contributed by atoms with Crippen molar-refractivity contribution in [3.63, 3.8) is 0 Å². The lowest BCUT2D eigenvalue weighted by Crippen LogP contribution is -2.08. The second-order valence-corrected chi connectivity index (χ2v) is 4.95. The Bertz CT molecular complexity index is 541. The van der Waals surface area contributed by atoms with Gasteiger partial charge in [-0.1, -0.05) is 55.5 Å². The highest BCUT2D eigenvalue weighted by Gasteiger charge is 2.09. The van der Waals surface area contributed by atoms with Crippen LogP contribution in [0.1, 0.15) is 30.8 Å². The molecule has 1 aromatic heterocycles. The summed E-state index contributed by atoms with van der Waals surface area (Å²) < 4.78 is 1.92. The summed E-state index contributed by atoms with van der Waals surface area (Å²) >= 11 is 0. The van der Waals surface area contributed by atoms with Gasteiger partial charge < -0.3 is 5.73 Å². The Morgan fingerprint density at radius 3 is 2.58 bits per heavy atom. The summed E-state index contributed by atoms with van der Waals surface area (Å²) in [5, 5.41) is 8.31. The van der Waals surface area contributed by atoms with Gasteiger partial charge in [-0.3, -0.25) is 0 Å². The first kappa shape index (κ1) is 13.5. The smallest absolute Gasteiger partial charge is 0.104 e. The van der Waals surface area contributed by atoms with Gasteiger partial charge in [0, 0.05) is 13.1 Å². The molecule has 0 unspecified atom stereocenters. The minimum absolute atomic E-state index is 0.409. The van der Waals surface area contributed by atoms with Crippen LogP contribution >= 0.6 is 0 Å². The maximum atomic E-state index is 5.71. The first-order valence-corrected chi connectivity index (χ1v) is 6.56. The van der Waals surface area contributed by atoms with Crippen molar-refractivity contribution in [2.45, 2.75) is 26.9 Å². The number of aromatic nitrogens is 3. The summed E-state index contributed by atoms with van der Waals surface area (Å²) in [6, 6.07) is 10.2. The second-order valence-electron chi connectivity index (χ2n) is 4.95. The highest BCUT2D eigenvalue weighted by Crippen LogP contribution is 2.12. The molecule has 0 aliphatic heterocycles. The van der Waals surface area contributed by atoms with E-state index in [-0.39, 0.29) is 0 Å². The van der Waals surface area contributed by atoms with E-state index in [2.05, 4.69) is 42.4 Å². The molecule has 4 heteroatoms. The van der Waals surface area contributed by atoms with Gasteiger partial charge in [0.05, 0.1) is 5.69 Å². The van der Waals surface area contributed by atoms with E-state index in [1.807, 2.05) is 29.0 Å². The summed E-state index contributed by atoms with van der Waals surface area (Å²) in [5.74, 6) is 0.524. The van der Waals surface area contributed by atoms with E-state index in [0.717, 1.165) is 23.5 Å². The van der Waals surface area contributed by atoms with E-state index in [1.165, 1.54) is 0 Å². The second kappa shape index (κ2) is 6.29. The fourth-order valence-electron chi connectivity index (χ4n) is 1.90. The summed E-state index contributed by atoms with van der Waals surface area (Å²) in [6.07, 6.45) is 4.11. The summed E-state index contributed by atoms with van der Waals surface area (Å²) in [6.45, 7) is 5.58. The number of hydrogen-bond donors (Lipinski definition) is 1. The molecule has 0 amide bonds. The number of hydrogen-bond acceptors (Lipinski definition) is 3. The van der Waals surface area contributed by atoms with Crippen molar-refractivity contribution in [2.75, 3.05) is 0 Å². The zero-order valence-corrected chi connectivity index (χ0v) is 11.5. The highest BCUT2D eigenvalue weighted by molar-refractivity contribution is 5.68. The van der Waals surface area contributed by atoms with Crippen molar-refractivity contribution < 1.29 is 0 Å². The maximum absolute atomic E-state index is 5.71. The van der Waals surface area contributed by atoms with Crippen molar-refractivity contribution >= 4 is 12.2 Å². The molecule has 2 aromatic rings. The van der Waals surface area contributed by atoms with Gasteiger partial charge in [0.1, 0.15) is 5.69 Å². The van der Waals surface area contributed by atoms with Gasteiger partial charge in [0.15, 0.2) is 0 Å². The number of rotatable bonds is 5. The van der Waals surface area contributed by atoms with Crippen LogP contribution in [0.15, 0.2) is 30.3 Å². The topological polar surface area (TPSA) is 56.7 Å². The standard InChI is InChI=1S/C15H20N4/c1-12(2)11-19-15(14(10-16)17-18-19)9-8-13-6-4-3-5-7-13/h3-9,12H,10-11,16H2,1-2H3/b9-8+. The predicted molar refractivity (Wildman–Crippen MR) is 78.1 cm³/mol. The molecule has 1 aromatic carbocycles. The Morgan fingerprint density at radius 1 is 1.21 bits per heavy atom. The van der Waals surface area contributed by atoms with E-state index in [1.54, 1.807) is 0 Å². The lowest BCUT2D eigenvalue weighted by molar-refractivity contribution is 0.469. The Kier molecular flexibility index (Phi) is 4.47. The number of nitrogens with two attached hydrogens (primary N) is 1. The van der Waals surface area contributed by atoms with E-state index in [0.29, 0.717) is 12.5 Å². The Labute approximate surface area is 113 Å². The Hall–Kier alpha value is -1.94. The van der Waals surface area contributed by atoms with Gasteiger partial charge in [-0.15, -0.1) is 5.10 Å². The molecule has 1 heterocycles. The molecule has 0 fully saturated rings. The van der Waals surface area contributed by atoms with Crippen LogP contribution in [0.5, 0.6) is 0 Å². The first-order chi connectivity index (χ1) is 9.20. The van der Waals surface area contributed by atoms with Gasteiger partial charge >= 0.3 is 0 Å². The average Bonchev–Trinajstić information content (AvgIpc) is 2.79. The van der Waals surface area contributed by atoms with Gasteiger partial charge in [-0.25, -0.2) is 4.68 Å². The number of benzene rings is 1. The molecule has 19 heavy (non-hydrogen) atoms. The molecule has 2 N–H and O–H groups in total. The van der Waals surface area contributed by atoms with Crippen molar-refractivity contribution in [1.82, 2.24) is 15.0 Å². The Morgan fingerprint density at radius 2 is 1.95 bits per heavy atom. The van der Waals surface area contributed by atoms with Crippen molar-refractivity contribution in [3.05, 3.63) is 47.3 Å². The molecule has 0 atom stereocenters. The van der Waals surface area contributed by atoms with Crippen LogP contribution in [-0.4, -0.2) is 15.0 Å². The highest BCUT2D eigenvalue weighted by atomic mass is 15.4. The van der Waals surface area contributed by atoms with Crippen LogP contribution in [0, 0.1) is 5.92 Å². The molecule has 0 saturated carbocycles. The zero-order chi connectivity index (χ0) is 13.7. The minimum Gasteiger partial charge on any atom is -0.325 e. The van der Waals surface area contributed by atoms with Gasteiger partial charge in [-0.2, -0.15) is 0 Å². The van der Waals surface area contributed by atoms with Gasteiger partial charge in [-0.05, 0) is 17.6 Å². The lowest BCUT2D eigenvalue weighted by atomic mass is 10.2. The van der Waals surface area contributed by atoms with Crippen LogP contribution in [0.3, 0.4) is 0 Å². The molecule has 0 aliphatic rings. The molecule has 100 valence electrons. The number of nitrogens with zero attached hydrogens (tertiary/aromatic N) is 3. The van der Waals surface area contributed by atoms with Crippen molar-refractivity contribution in [1.29, 1.82) is 0 Å². The molecule has 2 rings (SSSR count). The summed E-state index contributed by atoms with van der Waals surface area (Å²) in [4.78, 5) is 0. The molecular formula is C15H20N4. The van der Waals surface area contributed by atoms with Crippen molar-refractivity contribution in [2.24, 2.45) is 11.7 Å². The molecular weight excluding hydrogens is 236 g/mol. The largest absolute Gasteiger partial charge is 0.325 e. The van der Waals surface area contributed by atoms with Crippen LogP contribution in [0.4, 0.5) is 0 Å². The van der Waals surface area contributed by atoms with E-state index in [4.69, 9.17) is 5.73 Å². The third-order valence-electron chi connectivity index (χ3n) is 2.81.